The van der Waals surface area contributed by atoms with Gasteiger partial charge in [0, 0.05) is 0 Å². The van der Waals surface area contributed by atoms with Gasteiger partial charge in [-0.3, -0.25) is 0 Å². The zero-order valence-corrected chi connectivity index (χ0v) is 16.5. The van der Waals surface area contributed by atoms with Gasteiger partial charge >= 0.3 is 0 Å². The summed E-state index contributed by atoms with van der Waals surface area (Å²) >= 11 is 0. The number of rotatable bonds is 8. The van der Waals surface area contributed by atoms with Crippen molar-refractivity contribution in [2.45, 2.75) is 65.2 Å². The molecule has 0 radical (unpaired) electrons. The Bertz CT molecular complexity index is 604. The highest BCUT2D eigenvalue weighted by atomic mass is 16.5. The lowest BCUT2D eigenvalue weighted by Crippen LogP contribution is -2.12. The Morgan fingerprint density at radius 3 is 2.38 bits per heavy atom. The van der Waals surface area contributed by atoms with Crippen molar-refractivity contribution in [3.8, 4) is 17.6 Å². The summed E-state index contributed by atoms with van der Waals surface area (Å²) in [5, 5.41) is 0. The van der Waals surface area contributed by atoms with E-state index in [-0.39, 0.29) is 0 Å². The van der Waals surface area contributed by atoms with Crippen LogP contribution in [-0.4, -0.2) is 6.61 Å². The molecule has 0 aliphatic heterocycles. The first-order valence-electron chi connectivity index (χ1n) is 10.4. The van der Waals surface area contributed by atoms with Crippen LogP contribution in [0.5, 0.6) is 5.75 Å². The fourth-order valence-electron chi connectivity index (χ4n) is 3.61. The average Bonchev–Trinajstić information content (AvgIpc) is 2.67. The molecule has 1 nitrogen and oxygen atoms in total. The van der Waals surface area contributed by atoms with Crippen LogP contribution in [0.25, 0.3) is 6.08 Å². The zero-order chi connectivity index (χ0) is 18.5. The van der Waals surface area contributed by atoms with Crippen LogP contribution in [0.1, 0.15) is 70.8 Å². The molecular formula is C25H34O. The van der Waals surface area contributed by atoms with E-state index in [0.29, 0.717) is 6.61 Å². The number of benzene rings is 1. The van der Waals surface area contributed by atoms with Gasteiger partial charge in [-0.05, 0) is 80.4 Å². The van der Waals surface area contributed by atoms with Crippen LogP contribution in [-0.2, 0) is 0 Å². The van der Waals surface area contributed by atoms with Crippen LogP contribution < -0.4 is 4.74 Å². The summed E-state index contributed by atoms with van der Waals surface area (Å²) in [6, 6.07) is 8.10. The molecule has 140 valence electrons. The molecular weight excluding hydrogens is 316 g/mol. The molecule has 0 saturated heterocycles. The summed E-state index contributed by atoms with van der Waals surface area (Å²) in [4.78, 5) is 0. The van der Waals surface area contributed by atoms with Crippen LogP contribution >= 0.6 is 0 Å². The largest absolute Gasteiger partial charge is 0.494 e. The molecule has 0 amide bonds. The van der Waals surface area contributed by atoms with Gasteiger partial charge in [0.05, 0.1) is 6.61 Å². The van der Waals surface area contributed by atoms with Crippen LogP contribution in [0.4, 0.5) is 0 Å². The minimum absolute atomic E-state index is 0.702. The molecule has 0 heterocycles. The highest BCUT2D eigenvalue weighted by Crippen LogP contribution is 2.32. The molecule has 0 N–H and O–H groups in total. The summed E-state index contributed by atoms with van der Waals surface area (Å²) in [5.41, 5.74) is 1.15. The molecule has 26 heavy (non-hydrogen) atoms. The van der Waals surface area contributed by atoms with E-state index >= 15 is 0 Å². The van der Waals surface area contributed by atoms with E-state index in [2.05, 4.69) is 37.0 Å². The van der Waals surface area contributed by atoms with Gasteiger partial charge < -0.3 is 4.74 Å². The molecule has 1 fully saturated rings. The quantitative estimate of drug-likeness (QED) is 0.361. The van der Waals surface area contributed by atoms with E-state index in [1.807, 2.05) is 37.3 Å². The van der Waals surface area contributed by atoms with Crippen LogP contribution in [0, 0.1) is 23.7 Å². The minimum Gasteiger partial charge on any atom is -0.494 e. The molecule has 0 aromatic heterocycles. The Hall–Kier alpha value is -1.94. The predicted octanol–water partition coefficient (Wildman–Crippen LogP) is 7.04. The van der Waals surface area contributed by atoms with E-state index in [0.717, 1.165) is 23.1 Å². The summed E-state index contributed by atoms with van der Waals surface area (Å²) in [7, 11) is 0. The summed E-state index contributed by atoms with van der Waals surface area (Å²) in [5.74, 6) is 8.89. The second-order valence-corrected chi connectivity index (χ2v) is 7.26. The lowest BCUT2D eigenvalue weighted by atomic mass is 9.79. The smallest absolute Gasteiger partial charge is 0.119 e. The van der Waals surface area contributed by atoms with Gasteiger partial charge in [-0.2, -0.15) is 0 Å². The van der Waals surface area contributed by atoms with Crippen LogP contribution in [0.3, 0.4) is 0 Å². The topological polar surface area (TPSA) is 9.23 Å². The molecule has 1 saturated carbocycles. The van der Waals surface area contributed by atoms with E-state index in [1.54, 1.807) is 0 Å². The second kappa shape index (κ2) is 12.4. The molecule has 2 rings (SSSR count). The monoisotopic (exact) mass is 350 g/mol. The number of hydrogen-bond donors (Lipinski definition) is 0. The predicted molar refractivity (Wildman–Crippen MR) is 113 cm³/mol. The first-order valence-corrected chi connectivity index (χ1v) is 10.4. The molecule has 1 aliphatic rings. The van der Waals surface area contributed by atoms with Crippen molar-refractivity contribution < 1.29 is 4.74 Å². The molecule has 0 atom stereocenters. The maximum Gasteiger partial charge on any atom is 0.119 e. The third kappa shape index (κ3) is 7.96. The van der Waals surface area contributed by atoms with Gasteiger partial charge in [0.25, 0.3) is 0 Å². The average molecular weight is 351 g/mol. The highest BCUT2D eigenvalue weighted by Gasteiger charge is 2.18. The Balaban J connectivity index is 1.67. The molecule has 0 bridgehead atoms. The lowest BCUT2D eigenvalue weighted by molar-refractivity contribution is 0.289. The van der Waals surface area contributed by atoms with Crippen molar-refractivity contribution in [3.05, 3.63) is 48.1 Å². The van der Waals surface area contributed by atoms with Crippen molar-refractivity contribution >= 4 is 6.08 Å². The first kappa shape index (κ1) is 20.4. The Morgan fingerprint density at radius 2 is 1.69 bits per heavy atom. The third-order valence-corrected chi connectivity index (χ3v) is 5.19. The van der Waals surface area contributed by atoms with Gasteiger partial charge in [-0.1, -0.05) is 62.7 Å². The Morgan fingerprint density at radius 1 is 0.962 bits per heavy atom. The minimum atomic E-state index is 0.702. The van der Waals surface area contributed by atoms with E-state index in [9.17, 15) is 0 Å². The van der Waals surface area contributed by atoms with Crippen molar-refractivity contribution in [2.75, 3.05) is 6.61 Å². The van der Waals surface area contributed by atoms with Crippen LogP contribution in [0.15, 0.2) is 42.5 Å². The zero-order valence-electron chi connectivity index (χ0n) is 16.5. The number of allylic oxidation sites excluding steroid dienone is 3. The van der Waals surface area contributed by atoms with Gasteiger partial charge in [0.1, 0.15) is 5.75 Å². The molecule has 1 aliphatic carbocycles. The highest BCUT2D eigenvalue weighted by molar-refractivity contribution is 5.54. The SMILES string of the molecule is CCCCCC1CCC(/C=C/C#C/C=C/c2ccc(OCC)cc2)CC1. The van der Waals surface area contributed by atoms with Gasteiger partial charge in [0.15, 0.2) is 0 Å². The van der Waals surface area contributed by atoms with Gasteiger partial charge in [-0.15, -0.1) is 0 Å². The van der Waals surface area contributed by atoms with Crippen molar-refractivity contribution in [3.63, 3.8) is 0 Å². The van der Waals surface area contributed by atoms with Crippen molar-refractivity contribution in [2.24, 2.45) is 11.8 Å². The second-order valence-electron chi connectivity index (χ2n) is 7.26. The van der Waals surface area contributed by atoms with Gasteiger partial charge in [-0.25, -0.2) is 0 Å². The van der Waals surface area contributed by atoms with E-state index in [4.69, 9.17) is 4.74 Å². The molecule has 0 unspecified atom stereocenters. The molecule has 1 aromatic carbocycles. The standard InChI is InChI=1S/C25H34O/c1-3-5-8-11-22-14-16-23(17-15-22)12-9-6-7-10-13-24-18-20-25(21-19-24)26-4-2/h9-10,12-13,18-23H,3-5,8,11,14-17H2,1-2H3/b12-9+,13-10+. The maximum atomic E-state index is 5.45. The summed E-state index contributed by atoms with van der Waals surface area (Å²) < 4.78 is 5.45. The summed E-state index contributed by atoms with van der Waals surface area (Å²) in [6.07, 6.45) is 19.4. The Labute approximate surface area is 160 Å². The van der Waals surface area contributed by atoms with E-state index < -0.39 is 0 Å². The number of unbranched alkanes of at least 4 members (excludes halogenated alkanes) is 2. The normalized spacial score (nSPS) is 20.2. The fraction of sp³-hybridized carbons (Fsp3) is 0.520. The number of hydrogen-bond acceptors (Lipinski definition) is 1. The molecule has 0 spiro atoms. The molecule has 1 aromatic rings. The maximum absolute atomic E-state index is 5.45. The van der Waals surface area contributed by atoms with Crippen LogP contribution in [0.2, 0.25) is 0 Å². The van der Waals surface area contributed by atoms with Crippen molar-refractivity contribution in [1.29, 1.82) is 0 Å². The lowest BCUT2D eigenvalue weighted by Gasteiger charge is -2.26. The Kier molecular flexibility index (Phi) is 9.73. The fourth-order valence-corrected chi connectivity index (χ4v) is 3.61. The first-order chi connectivity index (χ1) is 12.8. The molecule has 1 heteroatoms. The number of ether oxygens (including phenoxy) is 1. The van der Waals surface area contributed by atoms with E-state index in [1.165, 1.54) is 51.4 Å². The summed E-state index contributed by atoms with van der Waals surface area (Å²) in [6.45, 7) is 4.99. The van der Waals surface area contributed by atoms with Gasteiger partial charge in [0.2, 0.25) is 0 Å². The third-order valence-electron chi connectivity index (χ3n) is 5.19. The van der Waals surface area contributed by atoms with Crippen molar-refractivity contribution in [1.82, 2.24) is 0 Å².